The van der Waals surface area contributed by atoms with Gasteiger partial charge in [0.05, 0.1) is 5.60 Å². The Morgan fingerprint density at radius 3 is 2.58 bits per heavy atom. The van der Waals surface area contributed by atoms with Crippen molar-refractivity contribution in [2.75, 3.05) is 0 Å². The van der Waals surface area contributed by atoms with Crippen LogP contribution in [0.4, 0.5) is 0 Å². The number of Topliss-reactive ketones (excluding diaryl/α,β-unsaturated/α-hetero) is 1. The normalized spacial score (nSPS) is 36.2. The van der Waals surface area contributed by atoms with Crippen molar-refractivity contribution in [1.29, 1.82) is 0 Å². The molecule has 0 radical (unpaired) electrons. The van der Waals surface area contributed by atoms with E-state index in [9.17, 15) is 9.90 Å². The summed E-state index contributed by atoms with van der Waals surface area (Å²) in [5.74, 6) is 1.39. The van der Waals surface area contributed by atoms with Gasteiger partial charge in [0, 0.05) is 24.9 Å². The molecule has 2 N–H and O–H groups in total. The Balaban J connectivity index is 1.84. The minimum atomic E-state index is -0.537. The molecule has 2 saturated heterocycles. The molecule has 0 spiro atoms. The van der Waals surface area contributed by atoms with Crippen molar-refractivity contribution < 1.29 is 9.90 Å². The van der Waals surface area contributed by atoms with E-state index in [1.165, 1.54) is 0 Å². The second-order valence-electron chi connectivity index (χ2n) is 6.66. The van der Waals surface area contributed by atoms with Gasteiger partial charge in [-0.3, -0.25) is 4.79 Å². The van der Waals surface area contributed by atoms with Crippen molar-refractivity contribution in [3.63, 3.8) is 0 Å². The van der Waals surface area contributed by atoms with Crippen molar-refractivity contribution in [2.24, 2.45) is 11.8 Å². The van der Waals surface area contributed by atoms with Gasteiger partial charge >= 0.3 is 0 Å². The first kappa shape index (κ1) is 14.7. The van der Waals surface area contributed by atoms with Gasteiger partial charge in [-0.2, -0.15) is 0 Å². The first-order valence-corrected chi connectivity index (χ1v) is 7.56. The zero-order valence-corrected chi connectivity index (χ0v) is 12.2. The van der Waals surface area contributed by atoms with Crippen molar-refractivity contribution in [3.8, 4) is 0 Å². The average molecular weight is 265 g/mol. The first-order valence-electron chi connectivity index (χ1n) is 7.56. The molecule has 0 saturated carbocycles. The molecule has 0 aliphatic carbocycles. The number of hydrogen-bond donors (Lipinski definition) is 2. The monoisotopic (exact) mass is 265 g/mol. The summed E-state index contributed by atoms with van der Waals surface area (Å²) in [6, 6.07) is 0.987. The standard InChI is InChI=1S/C16H27NO2/c1-4-6-13(18)7-11-8-15-12(9-14(11)17-15)10-16(3,19)5-2/h4,11-12,14-15,17,19H,1,5-10H2,2-3H3. The molecule has 108 valence electrons. The minimum absolute atomic E-state index is 0.312. The van der Waals surface area contributed by atoms with Gasteiger partial charge in [-0.15, -0.1) is 6.58 Å². The fraction of sp³-hybridized carbons (Fsp3) is 0.812. The van der Waals surface area contributed by atoms with Crippen LogP contribution in [0, 0.1) is 11.8 Å². The summed E-state index contributed by atoms with van der Waals surface area (Å²) in [4.78, 5) is 11.7. The third-order valence-electron chi connectivity index (χ3n) is 5.01. The van der Waals surface area contributed by atoms with E-state index in [1.54, 1.807) is 6.08 Å². The molecule has 5 unspecified atom stereocenters. The zero-order chi connectivity index (χ0) is 14.0. The highest BCUT2D eigenvalue weighted by molar-refractivity contribution is 5.80. The van der Waals surface area contributed by atoms with Gasteiger partial charge in [-0.1, -0.05) is 13.0 Å². The number of carbonyl (C=O) groups is 1. The molecule has 0 aromatic rings. The third kappa shape index (κ3) is 3.46. The first-order chi connectivity index (χ1) is 8.95. The SMILES string of the molecule is C=CCC(=O)CC1CC2NC1CC2CC(C)(O)CC. The molecule has 0 amide bonds. The third-order valence-corrected chi connectivity index (χ3v) is 5.01. The van der Waals surface area contributed by atoms with Crippen LogP contribution in [0.5, 0.6) is 0 Å². The van der Waals surface area contributed by atoms with Crippen LogP contribution in [0.1, 0.15) is 52.4 Å². The summed E-state index contributed by atoms with van der Waals surface area (Å²) in [5, 5.41) is 13.8. The maximum absolute atomic E-state index is 11.7. The van der Waals surface area contributed by atoms with Crippen molar-refractivity contribution in [1.82, 2.24) is 5.32 Å². The van der Waals surface area contributed by atoms with E-state index in [-0.39, 0.29) is 0 Å². The smallest absolute Gasteiger partial charge is 0.136 e. The van der Waals surface area contributed by atoms with Crippen LogP contribution in [-0.4, -0.2) is 28.6 Å². The highest BCUT2D eigenvalue weighted by atomic mass is 16.3. The van der Waals surface area contributed by atoms with E-state index in [0.29, 0.717) is 42.5 Å². The van der Waals surface area contributed by atoms with Gasteiger partial charge < -0.3 is 10.4 Å². The van der Waals surface area contributed by atoms with E-state index in [0.717, 1.165) is 25.7 Å². The molecule has 3 heteroatoms. The molecule has 2 aliphatic rings. The second-order valence-corrected chi connectivity index (χ2v) is 6.66. The minimum Gasteiger partial charge on any atom is -0.390 e. The van der Waals surface area contributed by atoms with Crippen LogP contribution in [0.3, 0.4) is 0 Å². The Hall–Kier alpha value is -0.670. The van der Waals surface area contributed by atoms with Crippen LogP contribution in [-0.2, 0) is 4.79 Å². The fourth-order valence-electron chi connectivity index (χ4n) is 3.75. The molecular formula is C16H27NO2. The molecule has 2 rings (SSSR count). The van der Waals surface area contributed by atoms with Gasteiger partial charge in [-0.25, -0.2) is 0 Å². The molecule has 0 aromatic carbocycles. The lowest BCUT2D eigenvalue weighted by Crippen LogP contribution is -2.33. The predicted octanol–water partition coefficient (Wildman–Crippen LogP) is 2.44. The molecule has 5 atom stereocenters. The van der Waals surface area contributed by atoms with Crippen molar-refractivity contribution in [2.45, 2.75) is 70.1 Å². The number of hydrogen-bond acceptors (Lipinski definition) is 3. The molecule has 2 heterocycles. The van der Waals surface area contributed by atoms with Crippen LogP contribution in [0.15, 0.2) is 12.7 Å². The maximum atomic E-state index is 11.7. The number of allylic oxidation sites excluding steroid dienone is 1. The van der Waals surface area contributed by atoms with Crippen molar-refractivity contribution >= 4 is 5.78 Å². The van der Waals surface area contributed by atoms with Crippen LogP contribution < -0.4 is 5.32 Å². The number of ketones is 1. The molecule has 0 aromatic heterocycles. The summed E-state index contributed by atoms with van der Waals surface area (Å²) in [6.45, 7) is 7.59. The molecular weight excluding hydrogens is 238 g/mol. The topological polar surface area (TPSA) is 49.3 Å². The lowest BCUT2D eigenvalue weighted by molar-refractivity contribution is -0.119. The van der Waals surface area contributed by atoms with Gasteiger partial charge in [0.15, 0.2) is 0 Å². The van der Waals surface area contributed by atoms with Crippen LogP contribution >= 0.6 is 0 Å². The van der Waals surface area contributed by atoms with E-state index in [2.05, 4.69) is 11.9 Å². The summed E-state index contributed by atoms with van der Waals surface area (Å²) in [6.07, 6.45) is 6.79. The molecule has 19 heavy (non-hydrogen) atoms. The summed E-state index contributed by atoms with van der Waals surface area (Å²) in [5.41, 5.74) is -0.537. The Morgan fingerprint density at radius 2 is 2.05 bits per heavy atom. The number of fused-ring (bicyclic) bond motifs is 2. The largest absolute Gasteiger partial charge is 0.390 e. The van der Waals surface area contributed by atoms with Gasteiger partial charge in [0.25, 0.3) is 0 Å². The Kier molecular flexibility index (Phi) is 4.46. The molecule has 2 fully saturated rings. The van der Waals surface area contributed by atoms with Gasteiger partial charge in [0.2, 0.25) is 0 Å². The van der Waals surface area contributed by atoms with Gasteiger partial charge in [-0.05, 0) is 44.4 Å². The quantitative estimate of drug-likeness (QED) is 0.695. The fourth-order valence-corrected chi connectivity index (χ4v) is 3.75. The van der Waals surface area contributed by atoms with E-state index in [1.807, 2.05) is 13.8 Å². The molecule has 2 bridgehead atoms. The Bertz CT molecular complexity index is 351. The Morgan fingerprint density at radius 1 is 1.42 bits per heavy atom. The average Bonchev–Trinajstić information content (AvgIpc) is 2.88. The van der Waals surface area contributed by atoms with Gasteiger partial charge in [0.1, 0.15) is 5.78 Å². The lowest BCUT2D eigenvalue weighted by Gasteiger charge is -2.31. The maximum Gasteiger partial charge on any atom is 0.136 e. The lowest BCUT2D eigenvalue weighted by atomic mass is 9.75. The second kappa shape index (κ2) is 5.76. The highest BCUT2D eigenvalue weighted by Gasteiger charge is 2.46. The van der Waals surface area contributed by atoms with Crippen LogP contribution in [0.2, 0.25) is 0 Å². The number of nitrogens with one attached hydrogen (secondary N) is 1. The summed E-state index contributed by atoms with van der Waals surface area (Å²) < 4.78 is 0. The number of rotatable bonds is 7. The highest BCUT2D eigenvalue weighted by Crippen LogP contribution is 2.42. The zero-order valence-electron chi connectivity index (χ0n) is 12.2. The van der Waals surface area contributed by atoms with E-state index >= 15 is 0 Å². The van der Waals surface area contributed by atoms with E-state index in [4.69, 9.17) is 0 Å². The Labute approximate surface area is 116 Å². The van der Waals surface area contributed by atoms with Crippen LogP contribution in [0.25, 0.3) is 0 Å². The predicted molar refractivity (Wildman–Crippen MR) is 76.9 cm³/mol. The molecule has 2 aliphatic heterocycles. The summed E-state index contributed by atoms with van der Waals surface area (Å²) >= 11 is 0. The van der Waals surface area contributed by atoms with Crippen molar-refractivity contribution in [3.05, 3.63) is 12.7 Å². The number of aliphatic hydroxyl groups is 1. The summed E-state index contributed by atoms with van der Waals surface area (Å²) in [7, 11) is 0. The number of carbonyl (C=O) groups excluding carboxylic acids is 1. The van der Waals surface area contributed by atoms with E-state index < -0.39 is 5.60 Å². The molecule has 3 nitrogen and oxygen atoms in total.